The first kappa shape index (κ1) is 21.9. The molecule has 1 heterocycles. The summed E-state index contributed by atoms with van der Waals surface area (Å²) in [6, 6.07) is 7.17. The lowest BCUT2D eigenvalue weighted by atomic mass is 9.92. The van der Waals surface area contributed by atoms with Gasteiger partial charge in [0.15, 0.2) is 0 Å². The van der Waals surface area contributed by atoms with Crippen molar-refractivity contribution >= 4 is 12.0 Å². The summed E-state index contributed by atoms with van der Waals surface area (Å²) in [5.41, 5.74) is 0.260. The van der Waals surface area contributed by atoms with Crippen LogP contribution in [0.3, 0.4) is 0 Å². The number of hydrogen-bond donors (Lipinski definition) is 0. The smallest absolute Gasteiger partial charge is 0.410 e. The van der Waals surface area contributed by atoms with Crippen molar-refractivity contribution in [1.29, 1.82) is 0 Å². The molecular weight excluding hydrogens is 360 g/mol. The molecule has 1 aliphatic rings. The molecule has 0 aromatic heterocycles. The van der Waals surface area contributed by atoms with Crippen LogP contribution in [0.1, 0.15) is 52.0 Å². The van der Waals surface area contributed by atoms with Crippen LogP contribution in [0.25, 0.3) is 0 Å². The molecule has 0 saturated carbocycles. The first-order valence-corrected chi connectivity index (χ1v) is 9.82. The minimum atomic E-state index is -0.685. The topological polar surface area (TPSA) is 85.3 Å². The Morgan fingerprint density at radius 1 is 1.21 bits per heavy atom. The Kier molecular flexibility index (Phi) is 7.96. The molecule has 0 bridgehead atoms. The molecule has 28 heavy (non-hydrogen) atoms. The molecule has 7 nitrogen and oxygen atoms in total. The van der Waals surface area contributed by atoms with Gasteiger partial charge in [0.05, 0.1) is 13.0 Å². The zero-order chi connectivity index (χ0) is 20.6. The van der Waals surface area contributed by atoms with Gasteiger partial charge in [-0.2, -0.15) is 0 Å². The van der Waals surface area contributed by atoms with Gasteiger partial charge in [-0.1, -0.05) is 12.1 Å². The van der Waals surface area contributed by atoms with Gasteiger partial charge in [-0.25, -0.2) is 4.79 Å². The maximum atomic E-state index is 12.1. The van der Waals surface area contributed by atoms with Crippen LogP contribution in [-0.4, -0.2) is 42.2 Å². The SMILES string of the molecule is CC(C)(C)OC(=O)N1CCC(CCCOc2cccc(CC(=O)N=O)c2)CC1. The van der Waals surface area contributed by atoms with Crippen molar-refractivity contribution in [2.24, 2.45) is 11.1 Å². The van der Waals surface area contributed by atoms with E-state index in [0.717, 1.165) is 44.3 Å². The Morgan fingerprint density at radius 2 is 1.93 bits per heavy atom. The van der Waals surface area contributed by atoms with Crippen molar-refractivity contribution in [3.8, 4) is 5.75 Å². The van der Waals surface area contributed by atoms with Crippen LogP contribution in [0.5, 0.6) is 5.75 Å². The van der Waals surface area contributed by atoms with Crippen LogP contribution < -0.4 is 4.74 Å². The monoisotopic (exact) mass is 390 g/mol. The molecule has 2 rings (SSSR count). The average molecular weight is 390 g/mol. The van der Waals surface area contributed by atoms with E-state index in [4.69, 9.17) is 9.47 Å². The van der Waals surface area contributed by atoms with Gasteiger partial charge in [-0.3, -0.25) is 4.79 Å². The molecule has 0 unspecified atom stereocenters. The highest BCUT2D eigenvalue weighted by atomic mass is 16.6. The molecule has 0 radical (unpaired) electrons. The summed E-state index contributed by atoms with van der Waals surface area (Å²) >= 11 is 0. The van der Waals surface area contributed by atoms with E-state index in [2.05, 4.69) is 5.18 Å². The quantitative estimate of drug-likeness (QED) is 0.511. The second-order valence-electron chi connectivity index (χ2n) is 8.21. The number of carbonyl (C=O) groups is 2. The van der Waals surface area contributed by atoms with Crippen LogP contribution in [-0.2, 0) is 16.0 Å². The maximum absolute atomic E-state index is 12.1. The number of benzene rings is 1. The largest absolute Gasteiger partial charge is 0.494 e. The van der Waals surface area contributed by atoms with Gasteiger partial charge in [0, 0.05) is 18.3 Å². The number of amides is 2. The van der Waals surface area contributed by atoms with E-state index in [1.54, 1.807) is 23.1 Å². The van der Waals surface area contributed by atoms with Crippen LogP contribution >= 0.6 is 0 Å². The number of likely N-dealkylation sites (tertiary alicyclic amines) is 1. The number of ether oxygens (including phenoxy) is 2. The van der Waals surface area contributed by atoms with E-state index in [1.165, 1.54) is 0 Å². The zero-order valence-electron chi connectivity index (χ0n) is 17.0. The Hall–Kier alpha value is -2.44. The van der Waals surface area contributed by atoms with Crippen LogP contribution in [0, 0.1) is 10.8 Å². The molecule has 2 amide bonds. The third-order valence-electron chi connectivity index (χ3n) is 4.65. The van der Waals surface area contributed by atoms with Crippen molar-refractivity contribution < 1.29 is 19.1 Å². The average Bonchev–Trinajstić information content (AvgIpc) is 2.64. The van der Waals surface area contributed by atoms with Crippen molar-refractivity contribution in [2.45, 2.75) is 58.5 Å². The molecule has 1 fully saturated rings. The van der Waals surface area contributed by atoms with Crippen LogP contribution in [0.15, 0.2) is 29.4 Å². The minimum Gasteiger partial charge on any atom is -0.494 e. The number of hydrogen-bond acceptors (Lipinski definition) is 5. The molecule has 1 aliphatic heterocycles. The van der Waals surface area contributed by atoms with Crippen molar-refractivity contribution in [3.63, 3.8) is 0 Å². The number of carbonyl (C=O) groups excluding carboxylic acids is 2. The predicted octanol–water partition coefficient (Wildman–Crippen LogP) is 4.33. The lowest BCUT2D eigenvalue weighted by Gasteiger charge is -2.33. The number of nitrogens with zero attached hydrogens (tertiary/aromatic N) is 2. The molecule has 0 atom stereocenters. The Balaban J connectivity index is 1.66. The molecule has 1 aromatic rings. The normalized spacial score (nSPS) is 15.2. The van der Waals surface area contributed by atoms with Crippen molar-refractivity contribution in [1.82, 2.24) is 4.90 Å². The van der Waals surface area contributed by atoms with Crippen LogP contribution in [0.2, 0.25) is 0 Å². The van der Waals surface area contributed by atoms with Gasteiger partial charge in [0.2, 0.25) is 0 Å². The van der Waals surface area contributed by atoms with Gasteiger partial charge in [0.25, 0.3) is 5.91 Å². The Bertz CT molecular complexity index is 676. The standard InChI is InChI=1S/C21H30N2O5/c1-21(2,3)28-20(25)23-11-9-16(10-12-23)7-5-13-27-18-8-4-6-17(14-18)15-19(24)22-26/h4,6,8,14,16H,5,7,9-13,15H2,1-3H3. The fourth-order valence-corrected chi connectivity index (χ4v) is 3.24. The summed E-state index contributed by atoms with van der Waals surface area (Å²) in [4.78, 5) is 35.2. The Morgan fingerprint density at radius 3 is 2.57 bits per heavy atom. The molecule has 1 saturated heterocycles. The van der Waals surface area contributed by atoms with Crippen molar-refractivity contribution in [2.75, 3.05) is 19.7 Å². The fraction of sp³-hybridized carbons (Fsp3) is 0.619. The molecule has 154 valence electrons. The second kappa shape index (κ2) is 10.2. The first-order chi connectivity index (χ1) is 13.3. The van der Waals surface area contributed by atoms with E-state index in [-0.39, 0.29) is 12.5 Å². The third-order valence-corrected chi connectivity index (χ3v) is 4.65. The third kappa shape index (κ3) is 7.66. The highest BCUT2D eigenvalue weighted by Gasteiger charge is 2.26. The van der Waals surface area contributed by atoms with Gasteiger partial charge in [0.1, 0.15) is 11.4 Å². The highest BCUT2D eigenvalue weighted by Crippen LogP contribution is 2.24. The fourth-order valence-electron chi connectivity index (χ4n) is 3.24. The van der Waals surface area contributed by atoms with E-state index < -0.39 is 11.5 Å². The zero-order valence-corrected chi connectivity index (χ0v) is 17.0. The summed E-state index contributed by atoms with van der Waals surface area (Å²) in [6.45, 7) is 7.71. The summed E-state index contributed by atoms with van der Waals surface area (Å²) in [7, 11) is 0. The molecule has 7 heteroatoms. The Labute approximate surface area is 166 Å². The molecule has 0 spiro atoms. The lowest BCUT2D eigenvalue weighted by Crippen LogP contribution is -2.41. The summed E-state index contributed by atoms with van der Waals surface area (Å²) in [5.74, 6) is 0.593. The second-order valence-corrected chi connectivity index (χ2v) is 8.21. The van der Waals surface area contributed by atoms with E-state index >= 15 is 0 Å². The lowest BCUT2D eigenvalue weighted by molar-refractivity contribution is -0.117. The molecule has 0 N–H and O–H groups in total. The maximum Gasteiger partial charge on any atom is 0.410 e. The molecule has 0 aliphatic carbocycles. The summed E-state index contributed by atoms with van der Waals surface area (Å²) in [5, 5.41) is 2.41. The minimum absolute atomic E-state index is 0.00305. The predicted molar refractivity (Wildman–Crippen MR) is 106 cm³/mol. The number of nitroso groups, excluding NO2 is 1. The molecular formula is C21H30N2O5. The number of rotatable bonds is 7. The van der Waals surface area contributed by atoms with Crippen molar-refractivity contribution in [3.05, 3.63) is 34.7 Å². The van der Waals surface area contributed by atoms with Gasteiger partial charge < -0.3 is 14.4 Å². The highest BCUT2D eigenvalue weighted by molar-refractivity contribution is 5.79. The van der Waals surface area contributed by atoms with E-state index in [0.29, 0.717) is 18.3 Å². The molecule has 1 aromatic carbocycles. The first-order valence-electron chi connectivity index (χ1n) is 9.82. The van der Waals surface area contributed by atoms with Gasteiger partial charge in [-0.15, -0.1) is 4.91 Å². The van der Waals surface area contributed by atoms with Gasteiger partial charge in [-0.05, 0) is 70.1 Å². The summed E-state index contributed by atoms with van der Waals surface area (Å²) < 4.78 is 11.2. The van der Waals surface area contributed by atoms with E-state index in [9.17, 15) is 14.5 Å². The number of piperidine rings is 1. The van der Waals surface area contributed by atoms with Crippen LogP contribution in [0.4, 0.5) is 4.79 Å². The van der Waals surface area contributed by atoms with E-state index in [1.807, 2.05) is 26.8 Å². The summed E-state index contributed by atoms with van der Waals surface area (Å²) in [6.07, 6.45) is 3.71. The van der Waals surface area contributed by atoms with Gasteiger partial charge >= 0.3 is 6.09 Å².